The van der Waals surface area contributed by atoms with Crippen LogP contribution in [0.3, 0.4) is 0 Å². The summed E-state index contributed by atoms with van der Waals surface area (Å²) in [4.78, 5) is 4.52. The van der Waals surface area contributed by atoms with E-state index in [1.165, 1.54) is 38.8 Å². The molecule has 1 aliphatic rings. The number of rotatable bonds is 4. The van der Waals surface area contributed by atoms with Gasteiger partial charge in [-0.2, -0.15) is 0 Å². The van der Waals surface area contributed by atoms with Crippen LogP contribution < -0.4 is 0 Å². The summed E-state index contributed by atoms with van der Waals surface area (Å²) in [6, 6.07) is 0. The van der Waals surface area contributed by atoms with Gasteiger partial charge in [-0.05, 0) is 40.0 Å². The molecule has 0 atom stereocenters. The molecule has 0 aromatic carbocycles. The Morgan fingerprint density at radius 3 is 1.67 bits per heavy atom. The molecule has 2 nitrogen and oxygen atoms in total. The van der Waals surface area contributed by atoms with Gasteiger partial charge in [0.05, 0.1) is 0 Å². The third-order valence-electron chi connectivity index (χ3n) is 2.63. The van der Waals surface area contributed by atoms with Gasteiger partial charge in [0.2, 0.25) is 0 Å². The number of hydrogen-bond donors (Lipinski definition) is 0. The Morgan fingerprint density at radius 1 is 0.889 bits per heavy atom. The predicted molar refractivity (Wildman–Crippen MR) is 89.4 cm³/mol. The smallest absolute Gasteiger partial charge is 0.0351 e. The molecule has 6 heteroatoms. The first-order chi connectivity index (χ1) is 7.70. The zero-order chi connectivity index (χ0) is 12.2. The van der Waals surface area contributed by atoms with Crippen LogP contribution in [0.1, 0.15) is 25.7 Å². The normalized spacial score (nSPS) is 15.8. The lowest BCUT2D eigenvalue weighted by Crippen LogP contribution is -2.26. The van der Waals surface area contributed by atoms with Crippen LogP contribution in [0.5, 0.6) is 0 Å². The standard InChI is InChI=1S/C8H16ClN.C4H10ClN.2ClH/c9-5-8-10-6-3-1-2-4-7-10;1-6(2)4-3-5;;/h1-8H2;3-4H2,1-2H3;2*1H. The Morgan fingerprint density at radius 2 is 1.39 bits per heavy atom. The molecule has 0 saturated carbocycles. The first-order valence-corrected chi connectivity index (χ1v) is 7.26. The highest BCUT2D eigenvalue weighted by atomic mass is 35.5. The average Bonchev–Trinajstić information content (AvgIpc) is 2.47. The lowest BCUT2D eigenvalue weighted by atomic mass is 10.2. The van der Waals surface area contributed by atoms with E-state index in [0.717, 1.165) is 24.8 Å². The monoisotopic (exact) mass is 340 g/mol. The van der Waals surface area contributed by atoms with Crippen molar-refractivity contribution < 1.29 is 0 Å². The Hall–Kier alpha value is 1.08. The molecule has 0 aromatic rings. The van der Waals surface area contributed by atoms with E-state index >= 15 is 0 Å². The number of likely N-dealkylation sites (tertiary alicyclic amines) is 1. The SMILES string of the molecule is CN(C)CCCl.Cl.Cl.ClCCN1CCCCCC1. The Labute approximate surface area is 135 Å². The molecule has 0 spiro atoms. The van der Waals surface area contributed by atoms with Crippen LogP contribution in [-0.2, 0) is 0 Å². The first kappa shape index (κ1) is 24.1. The Kier molecular flexibility index (Phi) is 24.2. The molecule has 1 heterocycles. The zero-order valence-corrected chi connectivity index (χ0v) is 14.7. The largest absolute Gasteiger partial charge is 0.308 e. The fourth-order valence-electron chi connectivity index (χ4n) is 1.65. The second kappa shape index (κ2) is 18.1. The summed E-state index contributed by atoms with van der Waals surface area (Å²) in [5.41, 5.74) is 0. The number of halogens is 4. The van der Waals surface area contributed by atoms with E-state index in [0.29, 0.717) is 0 Å². The van der Waals surface area contributed by atoms with Crippen molar-refractivity contribution >= 4 is 48.0 Å². The van der Waals surface area contributed by atoms with E-state index in [1.807, 2.05) is 19.0 Å². The van der Waals surface area contributed by atoms with Crippen LogP contribution in [0.25, 0.3) is 0 Å². The molecular weight excluding hydrogens is 314 g/mol. The molecule has 0 N–H and O–H groups in total. The predicted octanol–water partition coefficient (Wildman–Crippen LogP) is 3.73. The molecule has 0 radical (unpaired) electrons. The van der Waals surface area contributed by atoms with Crippen LogP contribution in [0.4, 0.5) is 0 Å². The van der Waals surface area contributed by atoms with E-state index in [-0.39, 0.29) is 24.8 Å². The van der Waals surface area contributed by atoms with Gasteiger partial charge < -0.3 is 9.80 Å². The van der Waals surface area contributed by atoms with Crippen LogP contribution in [0, 0.1) is 0 Å². The lowest BCUT2D eigenvalue weighted by molar-refractivity contribution is 0.302. The van der Waals surface area contributed by atoms with Gasteiger partial charge in [0, 0.05) is 24.8 Å². The van der Waals surface area contributed by atoms with Gasteiger partial charge in [-0.15, -0.1) is 48.0 Å². The highest BCUT2D eigenvalue weighted by Gasteiger charge is 2.06. The highest BCUT2D eigenvalue weighted by molar-refractivity contribution is 6.18. The molecule has 1 fully saturated rings. The minimum atomic E-state index is 0. The third-order valence-corrected chi connectivity index (χ3v) is 2.97. The molecule has 1 aliphatic heterocycles. The van der Waals surface area contributed by atoms with Crippen molar-refractivity contribution in [3.63, 3.8) is 0 Å². The van der Waals surface area contributed by atoms with Crippen molar-refractivity contribution in [3.8, 4) is 0 Å². The van der Waals surface area contributed by atoms with Gasteiger partial charge in [0.15, 0.2) is 0 Å². The summed E-state index contributed by atoms with van der Waals surface area (Å²) in [5, 5.41) is 0. The van der Waals surface area contributed by atoms with Gasteiger partial charge >= 0.3 is 0 Å². The van der Waals surface area contributed by atoms with Crippen LogP contribution in [0.15, 0.2) is 0 Å². The molecule has 0 unspecified atom stereocenters. The van der Waals surface area contributed by atoms with E-state index < -0.39 is 0 Å². The highest BCUT2D eigenvalue weighted by Crippen LogP contribution is 2.08. The summed E-state index contributed by atoms with van der Waals surface area (Å²) in [6.45, 7) is 4.60. The first-order valence-electron chi connectivity index (χ1n) is 6.19. The van der Waals surface area contributed by atoms with Gasteiger partial charge in [0.1, 0.15) is 0 Å². The molecule has 0 aromatic heterocycles. The van der Waals surface area contributed by atoms with Crippen molar-refractivity contribution in [1.82, 2.24) is 9.80 Å². The minimum Gasteiger partial charge on any atom is -0.308 e. The summed E-state index contributed by atoms with van der Waals surface area (Å²) < 4.78 is 0. The fourth-order valence-corrected chi connectivity index (χ4v) is 2.23. The average molecular weight is 342 g/mol. The van der Waals surface area contributed by atoms with E-state index in [1.54, 1.807) is 0 Å². The van der Waals surface area contributed by atoms with Crippen molar-refractivity contribution in [2.24, 2.45) is 0 Å². The lowest BCUT2D eigenvalue weighted by Gasteiger charge is -2.17. The summed E-state index contributed by atoms with van der Waals surface area (Å²) in [5.74, 6) is 1.52. The van der Waals surface area contributed by atoms with Crippen molar-refractivity contribution in [2.75, 3.05) is 52.0 Å². The molecule has 18 heavy (non-hydrogen) atoms. The summed E-state index contributed by atoms with van der Waals surface area (Å²) in [7, 11) is 4.00. The molecule has 0 amide bonds. The van der Waals surface area contributed by atoms with Gasteiger partial charge in [0.25, 0.3) is 0 Å². The van der Waals surface area contributed by atoms with E-state index in [4.69, 9.17) is 23.2 Å². The van der Waals surface area contributed by atoms with Crippen LogP contribution in [-0.4, -0.2) is 61.8 Å². The zero-order valence-electron chi connectivity index (χ0n) is 11.5. The maximum absolute atomic E-state index is 5.65. The quantitative estimate of drug-likeness (QED) is 0.719. The Bertz CT molecular complexity index is 140. The van der Waals surface area contributed by atoms with Crippen molar-refractivity contribution in [3.05, 3.63) is 0 Å². The van der Waals surface area contributed by atoms with E-state index in [2.05, 4.69) is 4.90 Å². The molecule has 0 bridgehead atoms. The molecule has 1 saturated heterocycles. The fraction of sp³-hybridized carbons (Fsp3) is 1.00. The Balaban J connectivity index is -0.000000250. The summed E-state index contributed by atoms with van der Waals surface area (Å²) in [6.07, 6.45) is 5.57. The van der Waals surface area contributed by atoms with Crippen LogP contribution >= 0.6 is 48.0 Å². The summed E-state index contributed by atoms with van der Waals surface area (Å²) >= 11 is 11.0. The second-order valence-electron chi connectivity index (χ2n) is 4.44. The molecular formula is C12H28Cl4N2. The number of hydrogen-bond acceptors (Lipinski definition) is 2. The maximum Gasteiger partial charge on any atom is 0.0351 e. The third kappa shape index (κ3) is 17.1. The molecule has 114 valence electrons. The van der Waals surface area contributed by atoms with E-state index in [9.17, 15) is 0 Å². The van der Waals surface area contributed by atoms with Crippen molar-refractivity contribution in [1.29, 1.82) is 0 Å². The van der Waals surface area contributed by atoms with Gasteiger partial charge in [-0.3, -0.25) is 0 Å². The number of alkyl halides is 2. The molecule has 0 aliphatic carbocycles. The molecule has 1 rings (SSSR count). The maximum atomic E-state index is 5.65. The van der Waals surface area contributed by atoms with Gasteiger partial charge in [-0.25, -0.2) is 0 Å². The van der Waals surface area contributed by atoms with Crippen LogP contribution in [0.2, 0.25) is 0 Å². The second-order valence-corrected chi connectivity index (χ2v) is 5.19. The topological polar surface area (TPSA) is 6.48 Å². The minimum absolute atomic E-state index is 0. The van der Waals surface area contributed by atoms with Crippen molar-refractivity contribution in [2.45, 2.75) is 25.7 Å². The van der Waals surface area contributed by atoms with Gasteiger partial charge in [-0.1, -0.05) is 12.8 Å². The number of nitrogens with zero attached hydrogens (tertiary/aromatic N) is 2.